The van der Waals surface area contributed by atoms with Crippen LogP contribution in [0, 0.1) is 0 Å². The molecule has 24 heavy (non-hydrogen) atoms. The van der Waals surface area contributed by atoms with Crippen LogP contribution < -0.4 is 5.32 Å². The molecule has 0 spiro atoms. The van der Waals surface area contributed by atoms with Crippen molar-refractivity contribution in [3.63, 3.8) is 0 Å². The molecular weight excluding hydrogens is 299 g/mol. The lowest BCUT2D eigenvalue weighted by molar-refractivity contribution is 0.00578. The molecule has 0 saturated carbocycles. The van der Waals surface area contributed by atoms with Gasteiger partial charge in [0.15, 0.2) is 0 Å². The van der Waals surface area contributed by atoms with Gasteiger partial charge in [-0.15, -0.1) is 0 Å². The van der Waals surface area contributed by atoms with Crippen LogP contribution >= 0.6 is 0 Å². The van der Waals surface area contributed by atoms with Crippen LogP contribution in [0.5, 0.6) is 0 Å². The predicted molar refractivity (Wildman–Crippen MR) is 98.8 cm³/mol. The Morgan fingerprint density at radius 1 is 1.04 bits per heavy atom. The third kappa shape index (κ3) is 3.63. The molecular formula is C19H25BN2O2. The van der Waals surface area contributed by atoms with E-state index in [0.717, 1.165) is 5.84 Å². The monoisotopic (exact) mass is 324 g/mol. The predicted octanol–water partition coefficient (Wildman–Crippen LogP) is 3.72. The summed E-state index contributed by atoms with van der Waals surface area (Å²) in [4.78, 5) is 4.62. The fourth-order valence-corrected chi connectivity index (χ4v) is 2.64. The molecule has 0 radical (unpaired) electrons. The van der Waals surface area contributed by atoms with E-state index in [9.17, 15) is 0 Å². The molecule has 2 aliphatic rings. The molecule has 0 aromatic heterocycles. The molecule has 1 N–H and O–H groups in total. The highest BCUT2D eigenvalue weighted by Gasteiger charge is 2.52. The van der Waals surface area contributed by atoms with Crippen molar-refractivity contribution in [3.05, 3.63) is 60.3 Å². The molecule has 0 amide bonds. The Morgan fingerprint density at radius 3 is 2.38 bits per heavy atom. The van der Waals surface area contributed by atoms with Crippen molar-refractivity contribution < 1.29 is 9.31 Å². The molecule has 1 aromatic carbocycles. The third-order valence-electron chi connectivity index (χ3n) is 4.89. The fourth-order valence-electron chi connectivity index (χ4n) is 2.64. The van der Waals surface area contributed by atoms with Crippen LogP contribution in [-0.4, -0.2) is 24.2 Å². The Bertz CT molecular complexity index is 649. The minimum absolute atomic E-state index is 0.0583. The van der Waals surface area contributed by atoms with Gasteiger partial charge in [0.05, 0.1) is 17.7 Å². The lowest BCUT2D eigenvalue weighted by Gasteiger charge is -2.32. The maximum absolute atomic E-state index is 6.13. The molecule has 1 saturated heterocycles. The molecule has 1 aromatic rings. The molecule has 2 aliphatic heterocycles. The molecule has 5 heteroatoms. The normalized spacial score (nSPS) is 26.4. The van der Waals surface area contributed by atoms with E-state index in [-0.39, 0.29) is 24.1 Å². The zero-order valence-corrected chi connectivity index (χ0v) is 14.8. The van der Waals surface area contributed by atoms with Crippen molar-refractivity contribution in [2.24, 2.45) is 4.99 Å². The second-order valence-electron chi connectivity index (χ2n) is 7.25. The van der Waals surface area contributed by atoms with Crippen LogP contribution in [0.1, 0.15) is 33.3 Å². The number of aliphatic imine (C=N–C) groups is 1. The van der Waals surface area contributed by atoms with Crippen molar-refractivity contribution in [2.45, 2.75) is 51.3 Å². The third-order valence-corrected chi connectivity index (χ3v) is 4.89. The van der Waals surface area contributed by atoms with Gasteiger partial charge in [0, 0.05) is 5.82 Å². The highest BCUT2D eigenvalue weighted by Crippen LogP contribution is 2.40. The average Bonchev–Trinajstić information content (AvgIpc) is 2.71. The van der Waals surface area contributed by atoms with Gasteiger partial charge in [0.1, 0.15) is 5.84 Å². The van der Waals surface area contributed by atoms with E-state index in [1.807, 2.05) is 30.5 Å². The summed E-state index contributed by atoms with van der Waals surface area (Å²) in [5.74, 6) is 0.900. The number of hydrogen-bond acceptors (Lipinski definition) is 3. The first kappa shape index (κ1) is 17.0. The van der Waals surface area contributed by atoms with Crippen molar-refractivity contribution >= 4 is 13.0 Å². The minimum Gasteiger partial charge on any atom is -0.403 e. The Labute approximate surface area is 144 Å². The SMILES string of the molecule is CC1(C)OB(C2C=CNC(=NCc3ccccc3)C=C2)OC1(C)C. The number of allylic oxidation sites excluding steroid dienone is 2. The van der Waals surface area contributed by atoms with Gasteiger partial charge in [-0.05, 0) is 45.5 Å². The Morgan fingerprint density at radius 2 is 1.71 bits per heavy atom. The van der Waals surface area contributed by atoms with Crippen molar-refractivity contribution in [1.29, 1.82) is 0 Å². The van der Waals surface area contributed by atoms with E-state index >= 15 is 0 Å². The van der Waals surface area contributed by atoms with Crippen LogP contribution in [0.15, 0.2) is 59.8 Å². The lowest BCUT2D eigenvalue weighted by atomic mass is 9.72. The van der Waals surface area contributed by atoms with Gasteiger partial charge in [0.2, 0.25) is 0 Å². The van der Waals surface area contributed by atoms with E-state index in [1.54, 1.807) is 0 Å². The van der Waals surface area contributed by atoms with Crippen molar-refractivity contribution in [2.75, 3.05) is 0 Å². The number of rotatable bonds is 3. The zero-order chi connectivity index (χ0) is 17.2. The number of benzene rings is 1. The summed E-state index contributed by atoms with van der Waals surface area (Å²) in [6.45, 7) is 8.94. The summed E-state index contributed by atoms with van der Waals surface area (Å²) in [6, 6.07) is 10.2. The van der Waals surface area contributed by atoms with Crippen LogP contribution in [0.25, 0.3) is 0 Å². The highest BCUT2D eigenvalue weighted by molar-refractivity contribution is 6.49. The summed E-state index contributed by atoms with van der Waals surface area (Å²) >= 11 is 0. The summed E-state index contributed by atoms with van der Waals surface area (Å²) in [5, 5.41) is 3.22. The summed E-state index contributed by atoms with van der Waals surface area (Å²) in [7, 11) is -0.280. The number of hydrogen-bond donors (Lipinski definition) is 1. The zero-order valence-electron chi connectivity index (χ0n) is 14.8. The van der Waals surface area contributed by atoms with Gasteiger partial charge < -0.3 is 14.6 Å². The van der Waals surface area contributed by atoms with E-state index < -0.39 is 0 Å². The molecule has 3 rings (SSSR count). The standard InChI is InChI=1S/C19H25BN2O2/c1-18(2)19(3,4)24-20(23-18)16-10-11-17(21-13-12-16)22-14-15-8-6-5-7-9-15/h5-13,16H,14H2,1-4H3,(H,21,22). The summed E-state index contributed by atoms with van der Waals surface area (Å²) < 4.78 is 12.3. The van der Waals surface area contributed by atoms with Gasteiger partial charge in [-0.3, -0.25) is 4.99 Å². The van der Waals surface area contributed by atoms with Crippen LogP contribution in [0.3, 0.4) is 0 Å². The Hall–Kier alpha value is -1.85. The second kappa shape index (κ2) is 6.57. The first-order valence-electron chi connectivity index (χ1n) is 8.43. The second-order valence-corrected chi connectivity index (χ2v) is 7.25. The fraction of sp³-hybridized carbons (Fsp3) is 0.421. The average molecular weight is 324 g/mol. The lowest BCUT2D eigenvalue weighted by Crippen LogP contribution is -2.41. The molecule has 0 aliphatic carbocycles. The van der Waals surface area contributed by atoms with Gasteiger partial charge in [0.25, 0.3) is 0 Å². The Balaban J connectivity index is 1.67. The molecule has 0 bridgehead atoms. The van der Waals surface area contributed by atoms with Crippen LogP contribution in [0.4, 0.5) is 0 Å². The highest BCUT2D eigenvalue weighted by atomic mass is 16.7. The first-order valence-corrected chi connectivity index (χ1v) is 8.43. The number of nitrogens with zero attached hydrogens (tertiary/aromatic N) is 1. The van der Waals surface area contributed by atoms with E-state index in [1.165, 1.54) is 5.56 Å². The maximum Gasteiger partial charge on any atom is 0.469 e. The largest absolute Gasteiger partial charge is 0.469 e. The maximum atomic E-state index is 6.13. The Kier molecular flexibility index (Phi) is 4.65. The quantitative estimate of drug-likeness (QED) is 0.862. The first-order chi connectivity index (χ1) is 11.4. The molecule has 4 nitrogen and oxygen atoms in total. The van der Waals surface area contributed by atoms with Crippen molar-refractivity contribution in [3.8, 4) is 0 Å². The van der Waals surface area contributed by atoms with Crippen LogP contribution in [0.2, 0.25) is 5.82 Å². The molecule has 1 fully saturated rings. The summed E-state index contributed by atoms with van der Waals surface area (Å²) in [6.07, 6.45) is 8.06. The minimum atomic E-state index is -0.316. The summed E-state index contributed by atoms with van der Waals surface area (Å²) in [5.41, 5.74) is 0.558. The number of nitrogens with one attached hydrogen (secondary N) is 1. The van der Waals surface area contributed by atoms with Gasteiger partial charge in [-0.1, -0.05) is 42.5 Å². The molecule has 1 unspecified atom stereocenters. The van der Waals surface area contributed by atoms with E-state index in [4.69, 9.17) is 9.31 Å². The van der Waals surface area contributed by atoms with Crippen molar-refractivity contribution in [1.82, 2.24) is 5.32 Å². The molecule has 1 atom stereocenters. The number of amidine groups is 1. The van der Waals surface area contributed by atoms with Gasteiger partial charge in [-0.25, -0.2) is 0 Å². The molecule has 126 valence electrons. The van der Waals surface area contributed by atoms with Gasteiger partial charge in [-0.2, -0.15) is 0 Å². The molecule has 2 heterocycles. The van der Waals surface area contributed by atoms with E-state index in [2.05, 4.69) is 62.3 Å². The van der Waals surface area contributed by atoms with E-state index in [0.29, 0.717) is 6.54 Å². The topological polar surface area (TPSA) is 42.8 Å². The van der Waals surface area contributed by atoms with Crippen LogP contribution in [-0.2, 0) is 15.9 Å². The smallest absolute Gasteiger partial charge is 0.403 e. The van der Waals surface area contributed by atoms with Gasteiger partial charge >= 0.3 is 7.12 Å².